The third kappa shape index (κ3) is 2.06. The van der Waals surface area contributed by atoms with Crippen LogP contribution in [0.2, 0.25) is 0 Å². The van der Waals surface area contributed by atoms with Gasteiger partial charge in [0.1, 0.15) is 0 Å². The van der Waals surface area contributed by atoms with Gasteiger partial charge < -0.3 is 0 Å². The molecule has 120 valence electrons. The highest BCUT2D eigenvalue weighted by molar-refractivity contribution is 9.10. The maximum absolute atomic E-state index is 13.3. The smallest absolute Gasteiger partial charge is 0.267 e. The van der Waals surface area contributed by atoms with Crippen molar-refractivity contribution in [3.63, 3.8) is 0 Å². The quantitative estimate of drug-likeness (QED) is 0.421. The van der Waals surface area contributed by atoms with Gasteiger partial charge in [0, 0.05) is 9.86 Å². The lowest BCUT2D eigenvalue weighted by Crippen LogP contribution is -2.20. The van der Waals surface area contributed by atoms with Crippen molar-refractivity contribution in [3.8, 4) is 5.69 Å². The number of aromatic nitrogens is 3. The molecule has 0 spiro atoms. The number of rotatable bonds is 1. The van der Waals surface area contributed by atoms with Gasteiger partial charge in [0.15, 0.2) is 5.65 Å². The van der Waals surface area contributed by atoms with Crippen molar-refractivity contribution in [1.82, 2.24) is 14.2 Å². The van der Waals surface area contributed by atoms with Crippen LogP contribution in [0.15, 0.2) is 82.1 Å². The topological polar surface area (TPSA) is 39.3 Å². The van der Waals surface area contributed by atoms with Crippen molar-refractivity contribution in [1.29, 1.82) is 0 Å². The second kappa shape index (κ2) is 5.29. The molecule has 0 N–H and O–H groups in total. The molecule has 4 nitrogen and oxygen atoms in total. The number of para-hydroxylation sites is 2. The SMILES string of the molecule is O=c1c2cc(Br)ccc2nc2c3ccccc3n(-c3ccccc3)n12. The molecule has 0 atom stereocenters. The predicted molar refractivity (Wildman–Crippen MR) is 104 cm³/mol. The van der Waals surface area contributed by atoms with Crippen LogP contribution in [0, 0.1) is 0 Å². The van der Waals surface area contributed by atoms with E-state index in [-0.39, 0.29) is 5.56 Å². The molecule has 25 heavy (non-hydrogen) atoms. The van der Waals surface area contributed by atoms with E-state index in [2.05, 4.69) is 15.9 Å². The largest absolute Gasteiger partial charge is 0.281 e. The number of hydrogen-bond acceptors (Lipinski definition) is 2. The highest BCUT2D eigenvalue weighted by atomic mass is 79.9. The Bertz CT molecular complexity index is 1320. The van der Waals surface area contributed by atoms with Gasteiger partial charge in [-0.15, -0.1) is 0 Å². The molecule has 2 aromatic heterocycles. The summed E-state index contributed by atoms with van der Waals surface area (Å²) >= 11 is 3.45. The van der Waals surface area contributed by atoms with Crippen LogP contribution < -0.4 is 5.56 Å². The van der Waals surface area contributed by atoms with Gasteiger partial charge in [0.05, 0.1) is 22.1 Å². The molecule has 0 amide bonds. The fourth-order valence-corrected chi connectivity index (χ4v) is 3.65. The van der Waals surface area contributed by atoms with Crippen LogP contribution in [-0.2, 0) is 0 Å². The van der Waals surface area contributed by atoms with Crippen LogP contribution in [0.1, 0.15) is 0 Å². The second-order valence-corrected chi connectivity index (χ2v) is 6.79. The minimum Gasteiger partial charge on any atom is -0.267 e. The van der Waals surface area contributed by atoms with Gasteiger partial charge in [0.2, 0.25) is 0 Å². The van der Waals surface area contributed by atoms with Gasteiger partial charge in [-0.3, -0.25) is 4.79 Å². The molecule has 0 saturated heterocycles. The van der Waals surface area contributed by atoms with Gasteiger partial charge >= 0.3 is 0 Å². The van der Waals surface area contributed by atoms with E-state index < -0.39 is 0 Å². The zero-order chi connectivity index (χ0) is 17.0. The number of hydrogen-bond donors (Lipinski definition) is 0. The summed E-state index contributed by atoms with van der Waals surface area (Å²) in [6, 6.07) is 23.4. The Labute approximate surface area is 151 Å². The summed E-state index contributed by atoms with van der Waals surface area (Å²) in [7, 11) is 0. The van der Waals surface area contributed by atoms with E-state index in [4.69, 9.17) is 4.98 Å². The summed E-state index contributed by atoms with van der Waals surface area (Å²) in [5, 5.41) is 1.54. The maximum atomic E-state index is 13.3. The summed E-state index contributed by atoms with van der Waals surface area (Å²) in [6.45, 7) is 0. The Morgan fingerprint density at radius 2 is 1.60 bits per heavy atom. The monoisotopic (exact) mass is 389 g/mol. The van der Waals surface area contributed by atoms with E-state index in [1.165, 1.54) is 0 Å². The standard InChI is InChI=1S/C20H12BrN3O/c21-13-10-11-17-16(12-13)20(25)24-19(22-17)15-8-4-5-9-18(15)23(24)14-6-2-1-3-7-14/h1-12H. The molecule has 0 radical (unpaired) electrons. The first-order valence-corrected chi connectivity index (χ1v) is 8.70. The van der Waals surface area contributed by atoms with Crippen LogP contribution in [0.5, 0.6) is 0 Å². The zero-order valence-electron chi connectivity index (χ0n) is 13.1. The normalized spacial score (nSPS) is 11.6. The molecule has 5 aromatic rings. The number of nitrogens with zero attached hydrogens (tertiary/aromatic N) is 3. The zero-order valence-corrected chi connectivity index (χ0v) is 14.6. The first-order chi connectivity index (χ1) is 12.2. The van der Waals surface area contributed by atoms with Crippen LogP contribution in [-0.4, -0.2) is 14.2 Å². The van der Waals surface area contributed by atoms with Gasteiger partial charge in [-0.2, -0.15) is 4.52 Å². The molecule has 0 unspecified atom stereocenters. The maximum Gasteiger partial charge on any atom is 0.281 e. The minimum absolute atomic E-state index is 0.0821. The minimum atomic E-state index is -0.0821. The lowest BCUT2D eigenvalue weighted by Gasteiger charge is -2.08. The van der Waals surface area contributed by atoms with Gasteiger partial charge in [-0.25, -0.2) is 9.67 Å². The predicted octanol–water partition coefficient (Wildman–Crippen LogP) is 4.55. The molecule has 0 bridgehead atoms. The van der Waals surface area contributed by atoms with E-state index in [0.29, 0.717) is 16.6 Å². The Kier molecular flexibility index (Phi) is 3.05. The van der Waals surface area contributed by atoms with E-state index in [9.17, 15) is 4.79 Å². The average Bonchev–Trinajstić information content (AvgIpc) is 2.98. The third-order valence-corrected chi connectivity index (χ3v) is 4.88. The van der Waals surface area contributed by atoms with Gasteiger partial charge in [-0.1, -0.05) is 46.3 Å². The number of halogens is 1. The Hall–Kier alpha value is -2.92. The third-order valence-electron chi connectivity index (χ3n) is 4.38. The van der Waals surface area contributed by atoms with Gasteiger partial charge in [-0.05, 0) is 42.5 Å². The molecule has 0 aliphatic carbocycles. The van der Waals surface area contributed by atoms with E-state index >= 15 is 0 Å². The highest BCUT2D eigenvalue weighted by Gasteiger charge is 2.16. The second-order valence-electron chi connectivity index (χ2n) is 5.88. The molecule has 3 aromatic carbocycles. The molecule has 2 heterocycles. The molecular formula is C20H12BrN3O. The molecule has 5 heteroatoms. The Morgan fingerprint density at radius 3 is 2.44 bits per heavy atom. The summed E-state index contributed by atoms with van der Waals surface area (Å²) in [5.74, 6) is 0. The van der Waals surface area contributed by atoms with Crippen molar-refractivity contribution >= 4 is 43.4 Å². The van der Waals surface area contributed by atoms with Crippen LogP contribution in [0.3, 0.4) is 0 Å². The molecule has 0 aliphatic heterocycles. The summed E-state index contributed by atoms with van der Waals surface area (Å²) in [6.07, 6.45) is 0. The van der Waals surface area contributed by atoms with Crippen molar-refractivity contribution in [3.05, 3.63) is 87.6 Å². The van der Waals surface area contributed by atoms with Crippen molar-refractivity contribution in [2.45, 2.75) is 0 Å². The van der Waals surface area contributed by atoms with E-state index in [1.54, 1.807) is 4.52 Å². The van der Waals surface area contributed by atoms with Crippen LogP contribution >= 0.6 is 15.9 Å². The lowest BCUT2D eigenvalue weighted by atomic mass is 10.2. The average molecular weight is 390 g/mol. The van der Waals surface area contributed by atoms with Crippen LogP contribution in [0.4, 0.5) is 0 Å². The van der Waals surface area contributed by atoms with Crippen LogP contribution in [0.25, 0.3) is 33.1 Å². The molecule has 0 saturated carbocycles. The highest BCUT2D eigenvalue weighted by Crippen LogP contribution is 2.25. The van der Waals surface area contributed by atoms with Crippen molar-refractivity contribution in [2.24, 2.45) is 0 Å². The Balaban J connectivity index is 2.09. The van der Waals surface area contributed by atoms with E-state index in [1.807, 2.05) is 77.5 Å². The molecule has 0 aliphatic rings. The summed E-state index contributed by atoms with van der Waals surface area (Å²) < 4.78 is 4.45. The number of fused-ring (bicyclic) bond motifs is 4. The fourth-order valence-electron chi connectivity index (χ4n) is 3.29. The van der Waals surface area contributed by atoms with E-state index in [0.717, 1.165) is 21.1 Å². The summed E-state index contributed by atoms with van der Waals surface area (Å²) in [5.41, 5.74) is 3.16. The molecule has 0 fully saturated rings. The number of benzene rings is 3. The van der Waals surface area contributed by atoms with Crippen molar-refractivity contribution < 1.29 is 0 Å². The Morgan fingerprint density at radius 1 is 0.840 bits per heavy atom. The fraction of sp³-hybridized carbons (Fsp3) is 0. The first-order valence-electron chi connectivity index (χ1n) is 7.91. The summed E-state index contributed by atoms with van der Waals surface area (Å²) in [4.78, 5) is 18.1. The van der Waals surface area contributed by atoms with Crippen molar-refractivity contribution in [2.75, 3.05) is 0 Å². The molecule has 5 rings (SSSR count). The molecular weight excluding hydrogens is 378 g/mol. The first kappa shape index (κ1) is 14.4. The van der Waals surface area contributed by atoms with Gasteiger partial charge in [0.25, 0.3) is 5.56 Å². The lowest BCUT2D eigenvalue weighted by molar-refractivity contribution is 0.794.